The molecule has 2 aromatic carbocycles. The van der Waals surface area contributed by atoms with Crippen LogP contribution in [0.1, 0.15) is 0 Å². The maximum absolute atomic E-state index is 15.2. The zero-order valence-electron chi connectivity index (χ0n) is 17.7. The fraction of sp³-hybridized carbons (Fsp3) is 0.400. The molecular formula is C20H10F14O4. The smallest absolute Gasteiger partial charge is 0.447 e. The molecule has 0 heterocycles. The Morgan fingerprint density at radius 3 is 1.11 bits per heavy atom. The molecule has 0 spiro atoms. The third kappa shape index (κ3) is 4.57. The van der Waals surface area contributed by atoms with E-state index in [0.29, 0.717) is 36.4 Å². The molecule has 0 N–H and O–H groups in total. The molecule has 4 nitrogen and oxygen atoms in total. The van der Waals surface area contributed by atoms with E-state index in [9.17, 15) is 52.7 Å². The van der Waals surface area contributed by atoms with E-state index in [0.717, 1.165) is 0 Å². The summed E-state index contributed by atoms with van der Waals surface area (Å²) >= 11 is 0. The quantitative estimate of drug-likeness (QED) is 0.278. The van der Waals surface area contributed by atoms with Crippen LogP contribution in [0.3, 0.4) is 0 Å². The highest BCUT2D eigenvalue weighted by molar-refractivity contribution is 5.39. The Morgan fingerprint density at radius 2 is 0.816 bits per heavy atom. The minimum Gasteiger partial charge on any atom is -0.447 e. The summed E-state index contributed by atoms with van der Waals surface area (Å²) in [4.78, 5) is 0. The Morgan fingerprint density at radius 1 is 0.526 bits per heavy atom. The van der Waals surface area contributed by atoms with Crippen LogP contribution in [0.15, 0.2) is 48.5 Å². The van der Waals surface area contributed by atoms with E-state index < -0.39 is 71.6 Å². The Bertz CT molecular complexity index is 1070. The Kier molecular flexibility index (Phi) is 7.03. The summed E-state index contributed by atoms with van der Waals surface area (Å²) in [5.41, 5.74) is 0. The van der Waals surface area contributed by atoms with Gasteiger partial charge in [-0.15, -0.1) is 0 Å². The molecule has 0 amide bonds. The Hall–Kier alpha value is -3.34. The predicted octanol–water partition coefficient (Wildman–Crippen LogP) is 7.23. The van der Waals surface area contributed by atoms with Gasteiger partial charge in [0.25, 0.3) is 0 Å². The minimum absolute atomic E-state index is 0.0471. The maximum Gasteiger partial charge on any atom is 0.461 e. The van der Waals surface area contributed by atoms with Gasteiger partial charge < -0.3 is 18.9 Å². The van der Waals surface area contributed by atoms with Gasteiger partial charge in [-0.2, -0.15) is 61.5 Å². The molecular weight excluding hydrogens is 570 g/mol. The van der Waals surface area contributed by atoms with Crippen molar-refractivity contribution in [3.63, 3.8) is 0 Å². The highest BCUT2D eigenvalue weighted by Gasteiger charge is 3.03. The maximum atomic E-state index is 15.2. The highest BCUT2D eigenvalue weighted by atomic mass is 19.3. The molecule has 38 heavy (non-hydrogen) atoms. The SMILES string of the molecule is FC(F)C(F)(F)Oc1cccc(OC2(F)C(F)(F)C(F)(F)C2(F)Oc2cccc(OC(F)(F)C(F)F)c2)c1. The van der Waals surface area contributed by atoms with Crippen LogP contribution in [0.5, 0.6) is 23.0 Å². The van der Waals surface area contributed by atoms with Crippen molar-refractivity contribution in [2.75, 3.05) is 0 Å². The van der Waals surface area contributed by atoms with Crippen LogP contribution >= 0.6 is 0 Å². The van der Waals surface area contributed by atoms with Crippen LogP contribution < -0.4 is 18.9 Å². The standard InChI is InChI=1S/C20H10F14O4/c21-13(22)15(25,26)35-9-3-1-5-11(7-9)37-19(33)17(29,30)18(31,32)20(19,34)38-12-6-2-4-10(8-12)36-16(27,28)14(23)24/h1-8,13-14H. The molecule has 2 unspecified atom stereocenters. The molecule has 1 fully saturated rings. The summed E-state index contributed by atoms with van der Waals surface area (Å²) in [6, 6.07) is 3.12. The van der Waals surface area contributed by atoms with Crippen molar-refractivity contribution in [1.29, 1.82) is 0 Å². The van der Waals surface area contributed by atoms with E-state index in [4.69, 9.17) is 0 Å². The lowest BCUT2D eigenvalue weighted by Crippen LogP contribution is -2.89. The van der Waals surface area contributed by atoms with Gasteiger partial charge in [-0.25, -0.2) is 0 Å². The van der Waals surface area contributed by atoms with Crippen molar-refractivity contribution in [3.05, 3.63) is 48.5 Å². The number of rotatable bonds is 10. The molecule has 1 saturated carbocycles. The topological polar surface area (TPSA) is 36.9 Å². The lowest BCUT2D eigenvalue weighted by atomic mass is 9.76. The van der Waals surface area contributed by atoms with Gasteiger partial charge >= 0.3 is 48.6 Å². The molecule has 2 aromatic rings. The van der Waals surface area contributed by atoms with Gasteiger partial charge in [0.2, 0.25) is 0 Å². The number of benzene rings is 2. The van der Waals surface area contributed by atoms with E-state index in [1.165, 1.54) is 0 Å². The molecule has 0 saturated heterocycles. The molecule has 212 valence electrons. The molecule has 2 atom stereocenters. The van der Waals surface area contributed by atoms with Crippen molar-refractivity contribution in [2.45, 2.75) is 48.6 Å². The Balaban J connectivity index is 1.93. The zero-order chi connectivity index (χ0) is 28.9. The molecule has 3 rings (SSSR count). The van der Waals surface area contributed by atoms with Crippen LogP contribution in [-0.4, -0.2) is 48.6 Å². The summed E-state index contributed by atoms with van der Waals surface area (Å²) in [7, 11) is 0. The first-order valence-corrected chi connectivity index (χ1v) is 9.62. The monoisotopic (exact) mass is 580 g/mol. The predicted molar refractivity (Wildman–Crippen MR) is 94.9 cm³/mol. The molecule has 0 bridgehead atoms. The van der Waals surface area contributed by atoms with E-state index in [-0.39, 0.29) is 12.1 Å². The van der Waals surface area contributed by atoms with Crippen molar-refractivity contribution >= 4 is 0 Å². The molecule has 0 aromatic heterocycles. The van der Waals surface area contributed by atoms with Crippen LogP contribution in [0.2, 0.25) is 0 Å². The van der Waals surface area contributed by atoms with Crippen molar-refractivity contribution < 1.29 is 80.4 Å². The van der Waals surface area contributed by atoms with E-state index >= 15 is 8.78 Å². The van der Waals surface area contributed by atoms with Gasteiger partial charge in [0.1, 0.15) is 23.0 Å². The summed E-state index contributed by atoms with van der Waals surface area (Å²) in [6.45, 7) is 0. The zero-order valence-corrected chi connectivity index (χ0v) is 17.7. The van der Waals surface area contributed by atoms with Crippen molar-refractivity contribution in [1.82, 2.24) is 0 Å². The van der Waals surface area contributed by atoms with E-state index in [2.05, 4.69) is 18.9 Å². The molecule has 1 aliphatic carbocycles. The third-order valence-electron chi connectivity index (χ3n) is 4.76. The summed E-state index contributed by atoms with van der Waals surface area (Å²) in [5, 5.41) is 0. The normalized spacial score (nSPS) is 24.6. The minimum atomic E-state index is -6.05. The van der Waals surface area contributed by atoms with Gasteiger partial charge in [-0.1, -0.05) is 12.1 Å². The number of hydrogen-bond donors (Lipinski definition) is 0. The third-order valence-corrected chi connectivity index (χ3v) is 4.76. The van der Waals surface area contributed by atoms with Crippen LogP contribution in [0.4, 0.5) is 61.5 Å². The fourth-order valence-electron chi connectivity index (χ4n) is 2.94. The molecule has 0 aliphatic heterocycles. The van der Waals surface area contributed by atoms with Gasteiger partial charge in [0, 0.05) is 12.1 Å². The first-order chi connectivity index (χ1) is 17.2. The van der Waals surface area contributed by atoms with Crippen molar-refractivity contribution in [3.8, 4) is 23.0 Å². The highest BCUT2D eigenvalue weighted by Crippen LogP contribution is 2.68. The summed E-state index contributed by atoms with van der Waals surface area (Å²) in [5.74, 6) is -28.4. The number of halogens is 14. The van der Waals surface area contributed by atoms with Crippen LogP contribution in [0.25, 0.3) is 0 Å². The summed E-state index contributed by atoms with van der Waals surface area (Å²) < 4.78 is 203. The number of hydrogen-bond acceptors (Lipinski definition) is 4. The Labute approximate surface area is 201 Å². The van der Waals surface area contributed by atoms with Gasteiger partial charge in [-0.05, 0) is 24.3 Å². The molecule has 1 aliphatic rings. The van der Waals surface area contributed by atoms with Gasteiger partial charge in [0.05, 0.1) is 0 Å². The first-order valence-electron chi connectivity index (χ1n) is 9.62. The van der Waals surface area contributed by atoms with Crippen molar-refractivity contribution in [2.24, 2.45) is 0 Å². The number of ether oxygens (including phenoxy) is 4. The summed E-state index contributed by atoms with van der Waals surface area (Å²) in [6.07, 6.45) is -19.1. The second-order valence-corrected chi connectivity index (χ2v) is 7.42. The lowest BCUT2D eigenvalue weighted by Gasteiger charge is -2.55. The van der Waals surface area contributed by atoms with Crippen LogP contribution in [0, 0.1) is 0 Å². The first kappa shape index (κ1) is 29.2. The average Bonchev–Trinajstić information content (AvgIpc) is 2.77. The second-order valence-electron chi connectivity index (χ2n) is 7.42. The average molecular weight is 580 g/mol. The van der Waals surface area contributed by atoms with Crippen LogP contribution in [-0.2, 0) is 0 Å². The number of alkyl halides is 14. The van der Waals surface area contributed by atoms with E-state index in [1.807, 2.05) is 0 Å². The molecule has 18 heteroatoms. The largest absolute Gasteiger partial charge is 0.461 e. The lowest BCUT2D eigenvalue weighted by molar-refractivity contribution is -0.527. The van der Waals surface area contributed by atoms with Gasteiger partial charge in [-0.3, -0.25) is 0 Å². The fourth-order valence-corrected chi connectivity index (χ4v) is 2.94. The van der Waals surface area contributed by atoms with E-state index in [1.54, 1.807) is 0 Å². The molecule has 0 radical (unpaired) electrons. The second kappa shape index (κ2) is 9.14. The van der Waals surface area contributed by atoms with Gasteiger partial charge in [0.15, 0.2) is 0 Å².